The predicted octanol–water partition coefficient (Wildman–Crippen LogP) is 4.31. The van der Waals surface area contributed by atoms with Gasteiger partial charge in [-0.05, 0) is 41.5 Å². The maximum absolute atomic E-state index is 12.7. The van der Waals surface area contributed by atoms with E-state index >= 15 is 0 Å². The van der Waals surface area contributed by atoms with Crippen molar-refractivity contribution in [3.63, 3.8) is 0 Å². The van der Waals surface area contributed by atoms with E-state index in [4.69, 9.17) is 9.84 Å². The van der Waals surface area contributed by atoms with Gasteiger partial charge < -0.3 is 20.5 Å². The van der Waals surface area contributed by atoms with Gasteiger partial charge >= 0.3 is 12.1 Å². The molecule has 7 nitrogen and oxygen atoms in total. The average Bonchev–Trinajstić information content (AvgIpc) is 3.46. The largest absolute Gasteiger partial charge is 0.480 e. The van der Waals surface area contributed by atoms with Crippen LogP contribution in [0.2, 0.25) is 0 Å². The van der Waals surface area contributed by atoms with Gasteiger partial charge in [0.05, 0.1) is 5.92 Å². The van der Waals surface area contributed by atoms with Crippen molar-refractivity contribution in [3.8, 4) is 11.1 Å². The molecule has 2 amide bonds. The lowest BCUT2D eigenvalue weighted by atomic mass is 9.92. The van der Waals surface area contributed by atoms with Crippen LogP contribution in [0.25, 0.3) is 11.1 Å². The Labute approximate surface area is 199 Å². The van der Waals surface area contributed by atoms with Crippen LogP contribution < -0.4 is 10.6 Å². The number of hydrogen-bond acceptors (Lipinski definition) is 4. The zero-order chi connectivity index (χ0) is 24.1. The van der Waals surface area contributed by atoms with Crippen LogP contribution >= 0.6 is 0 Å². The van der Waals surface area contributed by atoms with Crippen LogP contribution in [0.1, 0.15) is 56.1 Å². The van der Waals surface area contributed by atoms with Gasteiger partial charge in [-0.3, -0.25) is 9.59 Å². The fourth-order valence-corrected chi connectivity index (χ4v) is 5.18. The number of carbonyl (C=O) groups is 3. The van der Waals surface area contributed by atoms with Gasteiger partial charge in [-0.1, -0.05) is 74.2 Å². The molecule has 2 aliphatic carbocycles. The number of benzene rings is 2. The zero-order valence-corrected chi connectivity index (χ0v) is 19.5. The van der Waals surface area contributed by atoms with Crippen molar-refractivity contribution in [3.05, 3.63) is 59.7 Å². The number of nitrogens with one attached hydrogen (secondary N) is 2. The molecule has 0 aromatic heterocycles. The molecule has 1 fully saturated rings. The smallest absolute Gasteiger partial charge is 0.407 e. The number of alkyl carbamates (subject to hydrolysis) is 1. The summed E-state index contributed by atoms with van der Waals surface area (Å²) in [5.41, 5.74) is 4.59. The fraction of sp³-hybridized carbons (Fsp3) is 0.444. The number of aliphatic carboxylic acids is 1. The molecule has 0 bridgehead atoms. The number of carbonyl (C=O) groups excluding carboxylic acids is 2. The van der Waals surface area contributed by atoms with Crippen molar-refractivity contribution in [2.24, 2.45) is 11.8 Å². The number of ether oxygens (including phenoxy) is 1. The van der Waals surface area contributed by atoms with Crippen LogP contribution in [0.4, 0.5) is 4.79 Å². The van der Waals surface area contributed by atoms with E-state index in [2.05, 4.69) is 34.9 Å². The van der Waals surface area contributed by atoms with Crippen LogP contribution in [0.15, 0.2) is 48.5 Å². The third-order valence-corrected chi connectivity index (χ3v) is 7.03. The van der Waals surface area contributed by atoms with Gasteiger partial charge in [0.2, 0.25) is 5.91 Å². The van der Waals surface area contributed by atoms with E-state index in [9.17, 15) is 14.4 Å². The van der Waals surface area contributed by atoms with Gasteiger partial charge in [0.1, 0.15) is 12.6 Å². The molecule has 2 aromatic carbocycles. The van der Waals surface area contributed by atoms with Gasteiger partial charge in [0.15, 0.2) is 0 Å². The highest BCUT2D eigenvalue weighted by atomic mass is 16.5. The third kappa shape index (κ3) is 5.41. The number of carboxylic acids is 1. The van der Waals surface area contributed by atoms with Gasteiger partial charge in [0.25, 0.3) is 0 Å². The molecule has 180 valence electrons. The Kier molecular flexibility index (Phi) is 7.50. The van der Waals surface area contributed by atoms with Crippen LogP contribution in [0.3, 0.4) is 0 Å². The predicted molar refractivity (Wildman–Crippen MR) is 128 cm³/mol. The second kappa shape index (κ2) is 10.7. The molecule has 34 heavy (non-hydrogen) atoms. The maximum atomic E-state index is 12.7. The highest BCUT2D eigenvalue weighted by Gasteiger charge is 2.30. The molecule has 2 unspecified atom stereocenters. The summed E-state index contributed by atoms with van der Waals surface area (Å²) in [5.74, 6) is -1.55. The van der Waals surface area contributed by atoms with Crippen LogP contribution in [0, 0.1) is 11.8 Å². The first-order valence-electron chi connectivity index (χ1n) is 12.1. The van der Waals surface area contributed by atoms with E-state index in [0.717, 1.165) is 47.9 Å². The number of hydrogen-bond donors (Lipinski definition) is 3. The van der Waals surface area contributed by atoms with Crippen LogP contribution in [0.5, 0.6) is 0 Å². The molecule has 4 rings (SSSR count). The van der Waals surface area contributed by atoms with Crippen molar-refractivity contribution >= 4 is 18.0 Å². The molecule has 2 aliphatic rings. The summed E-state index contributed by atoms with van der Waals surface area (Å²) in [7, 11) is 0. The van der Waals surface area contributed by atoms with Crippen molar-refractivity contribution in [2.75, 3.05) is 13.2 Å². The Morgan fingerprint density at radius 2 is 1.59 bits per heavy atom. The third-order valence-electron chi connectivity index (χ3n) is 7.03. The summed E-state index contributed by atoms with van der Waals surface area (Å²) < 4.78 is 5.58. The molecule has 0 heterocycles. The SMILES string of the molecule is CC(NC(=O)C(CNC(=O)OCC1c2ccccc2-c2ccccc21)CC1CCCC1)C(=O)O. The van der Waals surface area contributed by atoms with Gasteiger partial charge in [-0.25, -0.2) is 4.79 Å². The van der Waals surface area contributed by atoms with Crippen molar-refractivity contribution < 1.29 is 24.2 Å². The van der Waals surface area contributed by atoms with E-state index in [1.165, 1.54) is 6.92 Å². The fourth-order valence-electron chi connectivity index (χ4n) is 5.18. The minimum atomic E-state index is -1.09. The number of carboxylic acid groups (broad SMARTS) is 1. The second-order valence-corrected chi connectivity index (χ2v) is 9.36. The van der Waals surface area contributed by atoms with Crippen LogP contribution in [-0.4, -0.2) is 42.3 Å². The van der Waals surface area contributed by atoms with Gasteiger partial charge in [-0.15, -0.1) is 0 Å². The molecule has 0 spiro atoms. The normalized spacial score (nSPS) is 16.9. The van der Waals surface area contributed by atoms with E-state index in [1.807, 2.05) is 24.3 Å². The topological polar surface area (TPSA) is 105 Å². The Morgan fingerprint density at radius 3 is 2.18 bits per heavy atom. The second-order valence-electron chi connectivity index (χ2n) is 9.36. The molecular weight excluding hydrogens is 432 g/mol. The first-order chi connectivity index (χ1) is 16.4. The monoisotopic (exact) mass is 464 g/mol. The highest BCUT2D eigenvalue weighted by Crippen LogP contribution is 2.44. The maximum Gasteiger partial charge on any atom is 0.407 e. The van der Waals surface area contributed by atoms with Crippen molar-refractivity contribution in [1.82, 2.24) is 10.6 Å². The van der Waals surface area contributed by atoms with Crippen molar-refractivity contribution in [2.45, 2.75) is 51.0 Å². The molecule has 2 aromatic rings. The summed E-state index contributed by atoms with van der Waals surface area (Å²) >= 11 is 0. The Morgan fingerprint density at radius 1 is 1.00 bits per heavy atom. The lowest BCUT2D eigenvalue weighted by molar-refractivity contribution is -0.142. The molecule has 0 radical (unpaired) electrons. The van der Waals surface area contributed by atoms with E-state index in [0.29, 0.717) is 12.3 Å². The molecular formula is C27H32N2O5. The van der Waals surface area contributed by atoms with Crippen LogP contribution in [-0.2, 0) is 14.3 Å². The Balaban J connectivity index is 1.35. The lowest BCUT2D eigenvalue weighted by Gasteiger charge is -2.22. The zero-order valence-electron chi connectivity index (χ0n) is 19.5. The first-order valence-corrected chi connectivity index (χ1v) is 12.1. The Bertz CT molecular complexity index is 1000. The summed E-state index contributed by atoms with van der Waals surface area (Å²) in [6.45, 7) is 1.76. The number of rotatable bonds is 9. The minimum absolute atomic E-state index is 0.0350. The molecule has 7 heteroatoms. The first kappa shape index (κ1) is 23.8. The Hall–Kier alpha value is -3.35. The van der Waals surface area contributed by atoms with Gasteiger partial charge in [0, 0.05) is 12.5 Å². The highest BCUT2D eigenvalue weighted by molar-refractivity contribution is 5.85. The molecule has 2 atom stereocenters. The summed E-state index contributed by atoms with van der Waals surface area (Å²) in [4.78, 5) is 36.4. The summed E-state index contributed by atoms with van der Waals surface area (Å²) in [5, 5.41) is 14.4. The molecule has 3 N–H and O–H groups in total. The molecule has 1 saturated carbocycles. The van der Waals surface area contributed by atoms with Crippen molar-refractivity contribution in [1.29, 1.82) is 0 Å². The minimum Gasteiger partial charge on any atom is -0.480 e. The average molecular weight is 465 g/mol. The lowest BCUT2D eigenvalue weighted by Crippen LogP contribution is -2.45. The number of fused-ring (bicyclic) bond motifs is 3. The molecule has 0 aliphatic heterocycles. The summed E-state index contributed by atoms with van der Waals surface area (Å²) in [6.07, 6.45) is 4.46. The quantitative estimate of drug-likeness (QED) is 0.513. The molecule has 0 saturated heterocycles. The summed E-state index contributed by atoms with van der Waals surface area (Å²) in [6, 6.07) is 15.3. The van der Waals surface area contributed by atoms with E-state index in [-0.39, 0.29) is 25.0 Å². The van der Waals surface area contributed by atoms with Gasteiger partial charge in [-0.2, -0.15) is 0 Å². The standard InChI is InChI=1S/C27H32N2O5/c1-17(26(31)32)29-25(30)19(14-18-8-2-3-9-18)15-28-27(33)34-16-24-22-12-6-4-10-20(22)21-11-5-7-13-23(21)24/h4-7,10-13,17-19,24H,2-3,8-9,14-16H2,1H3,(H,28,33)(H,29,30)(H,31,32). The number of amides is 2. The van der Waals surface area contributed by atoms with E-state index < -0.39 is 24.0 Å². The van der Waals surface area contributed by atoms with E-state index in [1.54, 1.807) is 0 Å².